The van der Waals surface area contributed by atoms with E-state index in [-0.39, 0.29) is 28.6 Å². The number of hydrogen-bond acceptors (Lipinski definition) is 8. The molecule has 3 aromatic heterocycles. The molecule has 33 heavy (non-hydrogen) atoms. The molecule has 4 aromatic rings. The van der Waals surface area contributed by atoms with Crippen molar-refractivity contribution in [2.24, 2.45) is 7.05 Å². The first-order valence-electron chi connectivity index (χ1n) is 9.30. The summed E-state index contributed by atoms with van der Waals surface area (Å²) < 4.78 is 49.6. The summed E-state index contributed by atoms with van der Waals surface area (Å²) in [5.74, 6) is -0.496. The van der Waals surface area contributed by atoms with Crippen LogP contribution in [0.2, 0.25) is 0 Å². The van der Waals surface area contributed by atoms with E-state index in [0.717, 1.165) is 16.8 Å². The van der Waals surface area contributed by atoms with Crippen molar-refractivity contribution in [2.75, 3.05) is 12.8 Å². The highest BCUT2D eigenvalue weighted by Gasteiger charge is 2.31. The van der Waals surface area contributed by atoms with Crippen molar-refractivity contribution >= 4 is 5.82 Å². The minimum Gasteiger partial charge on any atom is -0.497 e. The largest absolute Gasteiger partial charge is 0.573 e. The fourth-order valence-electron chi connectivity index (χ4n) is 2.99. The zero-order valence-electron chi connectivity index (χ0n) is 17.2. The van der Waals surface area contributed by atoms with Crippen LogP contribution in [0.15, 0.2) is 53.7 Å². The lowest BCUT2D eigenvalue weighted by atomic mass is 10.2. The summed E-state index contributed by atoms with van der Waals surface area (Å²) in [7, 11) is 3.01. The molecule has 0 saturated heterocycles. The third kappa shape index (κ3) is 4.76. The molecule has 13 heteroatoms. The second-order valence-electron chi connectivity index (χ2n) is 6.77. The van der Waals surface area contributed by atoms with E-state index < -0.39 is 17.7 Å². The van der Waals surface area contributed by atoms with Gasteiger partial charge in [0, 0.05) is 43.1 Å². The molecule has 0 amide bonds. The van der Waals surface area contributed by atoms with Gasteiger partial charge in [0.1, 0.15) is 22.9 Å². The third-order valence-electron chi connectivity index (χ3n) is 4.42. The molecule has 0 aliphatic heterocycles. The molecule has 0 atom stereocenters. The molecule has 170 valence electrons. The molecule has 0 bridgehead atoms. The van der Waals surface area contributed by atoms with Crippen LogP contribution in [0, 0.1) is 0 Å². The van der Waals surface area contributed by atoms with Crippen LogP contribution in [0.5, 0.6) is 11.5 Å². The summed E-state index contributed by atoms with van der Waals surface area (Å²) >= 11 is 0. The Balaban J connectivity index is 1.82. The maximum Gasteiger partial charge on any atom is 0.573 e. The molecule has 0 unspecified atom stereocenters. The Bertz CT molecular complexity index is 1380. The SMILES string of the molecule is COc1cc(OC(F)(F)F)cc(-n2nc(-c3nc(-c4cnn(C)c4)cnc3N)ccc2=O)c1. The maximum absolute atomic E-state index is 12.7. The minimum absolute atomic E-state index is 0.0182. The van der Waals surface area contributed by atoms with Crippen molar-refractivity contribution in [1.29, 1.82) is 0 Å². The molecule has 0 aliphatic carbocycles. The molecule has 3 heterocycles. The van der Waals surface area contributed by atoms with Gasteiger partial charge in [-0.15, -0.1) is 13.2 Å². The number of aryl methyl sites for hydroxylation is 1. The molecule has 0 fully saturated rings. The number of benzene rings is 1. The van der Waals surface area contributed by atoms with Crippen molar-refractivity contribution in [3.05, 3.63) is 59.3 Å². The highest BCUT2D eigenvalue weighted by atomic mass is 19.4. The first-order valence-corrected chi connectivity index (χ1v) is 9.30. The Morgan fingerprint density at radius 2 is 1.82 bits per heavy atom. The molecular formula is C20H16F3N7O3. The molecule has 10 nitrogen and oxygen atoms in total. The van der Waals surface area contributed by atoms with Crippen molar-refractivity contribution < 1.29 is 22.6 Å². The van der Waals surface area contributed by atoms with Gasteiger partial charge in [0.2, 0.25) is 0 Å². The van der Waals surface area contributed by atoms with E-state index in [9.17, 15) is 18.0 Å². The lowest BCUT2D eigenvalue weighted by molar-refractivity contribution is -0.274. The lowest BCUT2D eigenvalue weighted by Gasteiger charge is -2.13. The lowest BCUT2D eigenvalue weighted by Crippen LogP contribution is -2.21. The van der Waals surface area contributed by atoms with Crippen molar-refractivity contribution in [3.8, 4) is 39.8 Å². The van der Waals surface area contributed by atoms with E-state index in [2.05, 4.69) is 24.9 Å². The summed E-state index contributed by atoms with van der Waals surface area (Å²) in [5, 5.41) is 8.32. The zero-order valence-corrected chi connectivity index (χ0v) is 17.2. The number of rotatable bonds is 5. The fourth-order valence-corrected chi connectivity index (χ4v) is 2.99. The Kier molecular flexibility index (Phi) is 5.45. The number of alkyl halides is 3. The smallest absolute Gasteiger partial charge is 0.497 e. The summed E-state index contributed by atoms with van der Waals surface area (Å²) in [5.41, 5.74) is 6.86. The van der Waals surface area contributed by atoms with Gasteiger partial charge in [-0.3, -0.25) is 9.48 Å². The predicted octanol–water partition coefficient (Wildman–Crippen LogP) is 2.58. The number of nitrogen functional groups attached to an aromatic ring is 1. The maximum atomic E-state index is 12.7. The predicted molar refractivity (Wildman–Crippen MR) is 111 cm³/mol. The molecule has 4 rings (SSSR count). The number of nitrogens with zero attached hydrogens (tertiary/aromatic N) is 6. The quantitative estimate of drug-likeness (QED) is 0.483. The van der Waals surface area contributed by atoms with Crippen LogP contribution in [0.25, 0.3) is 28.3 Å². The van der Waals surface area contributed by atoms with Gasteiger partial charge in [0.15, 0.2) is 5.82 Å². The molecule has 2 N–H and O–H groups in total. The summed E-state index contributed by atoms with van der Waals surface area (Å²) in [6.45, 7) is 0. The monoisotopic (exact) mass is 459 g/mol. The van der Waals surface area contributed by atoms with E-state index >= 15 is 0 Å². The fraction of sp³-hybridized carbons (Fsp3) is 0.150. The molecule has 0 spiro atoms. The van der Waals surface area contributed by atoms with E-state index in [1.807, 2.05) is 0 Å². The van der Waals surface area contributed by atoms with E-state index in [1.165, 1.54) is 31.5 Å². The summed E-state index contributed by atoms with van der Waals surface area (Å²) in [4.78, 5) is 21.1. The normalized spacial score (nSPS) is 11.4. The number of anilines is 1. The second kappa shape index (κ2) is 8.26. The van der Waals surface area contributed by atoms with Gasteiger partial charge in [0.25, 0.3) is 5.56 Å². The molecule has 1 aromatic carbocycles. The summed E-state index contributed by atoms with van der Waals surface area (Å²) in [6.07, 6.45) is -0.136. The van der Waals surface area contributed by atoms with Crippen LogP contribution in [0.4, 0.5) is 19.0 Å². The van der Waals surface area contributed by atoms with Crippen LogP contribution in [0.1, 0.15) is 0 Å². The Labute approximate surface area is 184 Å². The van der Waals surface area contributed by atoms with Crippen molar-refractivity contribution in [3.63, 3.8) is 0 Å². The number of aromatic nitrogens is 6. The topological polar surface area (TPSA) is 123 Å². The van der Waals surface area contributed by atoms with Crippen LogP contribution in [0.3, 0.4) is 0 Å². The Morgan fingerprint density at radius 3 is 2.48 bits per heavy atom. The summed E-state index contributed by atoms with van der Waals surface area (Å²) in [6, 6.07) is 5.95. The average molecular weight is 459 g/mol. The van der Waals surface area contributed by atoms with Crippen molar-refractivity contribution in [1.82, 2.24) is 29.5 Å². The number of hydrogen-bond donors (Lipinski definition) is 1. The molecule has 0 saturated carbocycles. The highest BCUT2D eigenvalue weighted by Crippen LogP contribution is 2.30. The van der Waals surface area contributed by atoms with E-state index in [4.69, 9.17) is 10.5 Å². The molecule has 0 radical (unpaired) electrons. The van der Waals surface area contributed by atoms with Gasteiger partial charge in [-0.2, -0.15) is 14.9 Å². The van der Waals surface area contributed by atoms with Crippen LogP contribution in [-0.4, -0.2) is 43.0 Å². The van der Waals surface area contributed by atoms with Gasteiger partial charge >= 0.3 is 6.36 Å². The Hall–Kier alpha value is -4.42. The number of methoxy groups -OCH3 is 1. The highest BCUT2D eigenvalue weighted by molar-refractivity contribution is 5.70. The first-order chi connectivity index (χ1) is 15.6. The standard InChI is InChI=1S/C20H16F3N7O3/c1-29-10-11(8-26-29)16-9-25-19(24)18(27-16)15-3-4-17(31)30(28-15)12-5-13(32-2)7-14(6-12)33-20(21,22)23/h3-10H,1-2H3,(H2,24,25). The van der Waals surface area contributed by atoms with E-state index in [1.54, 1.807) is 24.1 Å². The van der Waals surface area contributed by atoms with Gasteiger partial charge in [0.05, 0.1) is 30.9 Å². The van der Waals surface area contributed by atoms with Gasteiger partial charge < -0.3 is 15.2 Å². The first kappa shape index (κ1) is 21.8. The van der Waals surface area contributed by atoms with Gasteiger partial charge in [-0.05, 0) is 6.07 Å². The number of halogens is 3. The number of nitrogens with two attached hydrogens (primary N) is 1. The third-order valence-corrected chi connectivity index (χ3v) is 4.42. The zero-order chi connectivity index (χ0) is 23.8. The van der Waals surface area contributed by atoms with Crippen LogP contribution < -0.4 is 20.8 Å². The van der Waals surface area contributed by atoms with Crippen LogP contribution >= 0.6 is 0 Å². The molecule has 0 aliphatic rings. The average Bonchev–Trinajstić information content (AvgIpc) is 3.19. The van der Waals surface area contributed by atoms with Crippen molar-refractivity contribution in [2.45, 2.75) is 6.36 Å². The molecular weight excluding hydrogens is 443 g/mol. The van der Waals surface area contributed by atoms with Crippen LogP contribution in [-0.2, 0) is 7.05 Å². The van der Waals surface area contributed by atoms with E-state index in [0.29, 0.717) is 11.3 Å². The van der Waals surface area contributed by atoms with Gasteiger partial charge in [-0.25, -0.2) is 9.97 Å². The minimum atomic E-state index is -4.93. The van der Waals surface area contributed by atoms with Gasteiger partial charge in [-0.1, -0.05) is 0 Å². The number of ether oxygens (including phenoxy) is 2. The second-order valence-corrected chi connectivity index (χ2v) is 6.77. The Morgan fingerprint density at radius 1 is 1.06 bits per heavy atom.